The summed E-state index contributed by atoms with van der Waals surface area (Å²) in [5, 5.41) is 3.03. The van der Waals surface area contributed by atoms with E-state index in [0.29, 0.717) is 19.0 Å². The number of pyridine rings is 1. The summed E-state index contributed by atoms with van der Waals surface area (Å²) < 4.78 is 0. The monoisotopic (exact) mass is 381 g/mol. The minimum atomic E-state index is 0. The lowest BCUT2D eigenvalue weighted by atomic mass is 10.0. The van der Waals surface area contributed by atoms with Crippen molar-refractivity contribution in [2.45, 2.75) is 51.1 Å². The van der Waals surface area contributed by atoms with E-state index in [-0.39, 0.29) is 18.3 Å². The lowest BCUT2D eigenvalue weighted by Crippen LogP contribution is -2.46. The van der Waals surface area contributed by atoms with Gasteiger partial charge in [0, 0.05) is 51.4 Å². The maximum atomic E-state index is 11.7. The van der Waals surface area contributed by atoms with Crippen molar-refractivity contribution >= 4 is 24.1 Å². The standard InChI is InChI=1S/C19H31N5O.ClH/c20-9-8-19(25)22-14-17-5-1-2-12-24(17)15-16-6-7-18(21-13-16)23-10-3-4-11-23;/h6-7,13,17H,1-5,8-12,14-15,20H2,(H,22,25);1H. The molecule has 7 heteroatoms. The van der Waals surface area contributed by atoms with Crippen LogP contribution in [0.4, 0.5) is 5.82 Å². The maximum absolute atomic E-state index is 11.7. The summed E-state index contributed by atoms with van der Waals surface area (Å²) in [7, 11) is 0. The Labute approximate surface area is 162 Å². The van der Waals surface area contributed by atoms with Gasteiger partial charge in [-0.3, -0.25) is 9.69 Å². The highest BCUT2D eigenvalue weighted by Gasteiger charge is 2.23. The summed E-state index contributed by atoms with van der Waals surface area (Å²) in [4.78, 5) is 21.2. The van der Waals surface area contributed by atoms with Crippen LogP contribution in [0, 0.1) is 0 Å². The zero-order valence-electron chi connectivity index (χ0n) is 15.5. The van der Waals surface area contributed by atoms with Gasteiger partial charge in [0.1, 0.15) is 5.82 Å². The largest absolute Gasteiger partial charge is 0.357 e. The number of aromatic nitrogens is 1. The van der Waals surface area contributed by atoms with Crippen LogP contribution in [0.5, 0.6) is 0 Å². The molecule has 2 aliphatic heterocycles. The summed E-state index contributed by atoms with van der Waals surface area (Å²) >= 11 is 0. The molecule has 0 aromatic carbocycles. The van der Waals surface area contributed by atoms with Gasteiger partial charge >= 0.3 is 0 Å². The van der Waals surface area contributed by atoms with Gasteiger partial charge in [0.25, 0.3) is 0 Å². The van der Waals surface area contributed by atoms with E-state index in [1.54, 1.807) is 0 Å². The summed E-state index contributed by atoms with van der Waals surface area (Å²) in [6.07, 6.45) is 8.58. The molecule has 0 spiro atoms. The first kappa shape index (κ1) is 20.9. The Balaban J connectivity index is 0.00000243. The Morgan fingerprint density at radius 2 is 1.96 bits per heavy atom. The molecule has 3 heterocycles. The Morgan fingerprint density at radius 3 is 2.65 bits per heavy atom. The fourth-order valence-corrected chi connectivity index (χ4v) is 3.83. The van der Waals surface area contributed by atoms with E-state index in [9.17, 15) is 4.79 Å². The molecule has 3 rings (SSSR count). The first-order valence-corrected chi connectivity index (χ1v) is 9.67. The van der Waals surface area contributed by atoms with Gasteiger partial charge < -0.3 is 16.0 Å². The van der Waals surface area contributed by atoms with Gasteiger partial charge in [0.05, 0.1) is 0 Å². The quantitative estimate of drug-likeness (QED) is 0.754. The molecule has 1 aromatic heterocycles. The topological polar surface area (TPSA) is 74.5 Å². The van der Waals surface area contributed by atoms with E-state index >= 15 is 0 Å². The van der Waals surface area contributed by atoms with Crippen LogP contribution in [0.25, 0.3) is 0 Å². The second-order valence-corrected chi connectivity index (χ2v) is 7.18. The van der Waals surface area contributed by atoms with Gasteiger partial charge in [-0.25, -0.2) is 4.98 Å². The number of rotatable bonds is 7. The van der Waals surface area contributed by atoms with E-state index in [4.69, 9.17) is 5.73 Å². The average molecular weight is 382 g/mol. The molecule has 0 radical (unpaired) electrons. The number of halogens is 1. The number of nitrogens with zero attached hydrogens (tertiary/aromatic N) is 3. The zero-order valence-corrected chi connectivity index (χ0v) is 16.3. The highest BCUT2D eigenvalue weighted by Crippen LogP contribution is 2.21. The molecule has 1 unspecified atom stereocenters. The van der Waals surface area contributed by atoms with Crippen molar-refractivity contribution in [3.63, 3.8) is 0 Å². The maximum Gasteiger partial charge on any atom is 0.221 e. The predicted octanol–water partition coefficient (Wildman–Crippen LogP) is 1.92. The molecule has 1 amide bonds. The summed E-state index contributed by atoms with van der Waals surface area (Å²) in [5.74, 6) is 1.16. The van der Waals surface area contributed by atoms with E-state index in [1.165, 1.54) is 31.2 Å². The number of nitrogens with one attached hydrogen (secondary N) is 1. The third kappa shape index (κ3) is 5.83. The minimum Gasteiger partial charge on any atom is -0.357 e. The fourth-order valence-electron chi connectivity index (χ4n) is 3.83. The smallest absolute Gasteiger partial charge is 0.221 e. The van der Waals surface area contributed by atoms with Crippen LogP contribution >= 0.6 is 12.4 Å². The second-order valence-electron chi connectivity index (χ2n) is 7.18. The Hall–Kier alpha value is -1.37. The van der Waals surface area contributed by atoms with Crippen molar-refractivity contribution in [2.75, 3.05) is 37.6 Å². The van der Waals surface area contributed by atoms with Crippen LogP contribution in [0.2, 0.25) is 0 Å². The highest BCUT2D eigenvalue weighted by atomic mass is 35.5. The van der Waals surface area contributed by atoms with Crippen LogP contribution in [0.1, 0.15) is 44.1 Å². The molecule has 6 nitrogen and oxygen atoms in total. The summed E-state index contributed by atoms with van der Waals surface area (Å²) in [6.45, 7) is 5.38. The van der Waals surface area contributed by atoms with Crippen molar-refractivity contribution < 1.29 is 4.79 Å². The number of hydrogen-bond acceptors (Lipinski definition) is 5. The first-order chi connectivity index (χ1) is 12.3. The molecule has 3 N–H and O–H groups in total. The molecular formula is C19H32ClN5O. The lowest BCUT2D eigenvalue weighted by Gasteiger charge is -2.35. The molecule has 0 bridgehead atoms. The summed E-state index contributed by atoms with van der Waals surface area (Å²) in [6, 6.07) is 4.77. The Bertz CT molecular complexity index is 547. The van der Waals surface area contributed by atoms with Gasteiger partial charge in [-0.05, 0) is 43.9 Å². The van der Waals surface area contributed by atoms with Crippen LogP contribution in [0.15, 0.2) is 18.3 Å². The SMILES string of the molecule is Cl.NCCC(=O)NCC1CCCCN1Cc1ccc(N2CCCC2)nc1. The number of piperidine rings is 1. The number of carbonyl (C=O) groups excluding carboxylic acids is 1. The fraction of sp³-hybridized carbons (Fsp3) is 0.684. The first-order valence-electron chi connectivity index (χ1n) is 9.67. The van der Waals surface area contributed by atoms with E-state index in [1.807, 2.05) is 6.20 Å². The molecular weight excluding hydrogens is 350 g/mol. The van der Waals surface area contributed by atoms with Crippen molar-refractivity contribution in [1.29, 1.82) is 0 Å². The third-order valence-corrected chi connectivity index (χ3v) is 5.28. The number of anilines is 1. The number of amides is 1. The number of hydrogen-bond donors (Lipinski definition) is 2. The number of likely N-dealkylation sites (tertiary alicyclic amines) is 1. The molecule has 2 fully saturated rings. The van der Waals surface area contributed by atoms with Gasteiger partial charge in [-0.15, -0.1) is 12.4 Å². The predicted molar refractivity (Wildman–Crippen MR) is 108 cm³/mol. The number of carbonyl (C=O) groups is 1. The highest BCUT2D eigenvalue weighted by molar-refractivity contribution is 5.85. The van der Waals surface area contributed by atoms with Gasteiger partial charge in [-0.2, -0.15) is 0 Å². The Kier molecular flexibility index (Phi) is 8.62. The van der Waals surface area contributed by atoms with E-state index < -0.39 is 0 Å². The Morgan fingerprint density at radius 1 is 1.19 bits per heavy atom. The molecule has 1 atom stereocenters. The van der Waals surface area contributed by atoms with Gasteiger partial charge in [0.2, 0.25) is 5.91 Å². The molecule has 0 aliphatic carbocycles. The summed E-state index contributed by atoms with van der Waals surface area (Å²) in [5.41, 5.74) is 6.70. The van der Waals surface area contributed by atoms with Gasteiger partial charge in [0.15, 0.2) is 0 Å². The van der Waals surface area contributed by atoms with E-state index in [2.05, 4.69) is 32.2 Å². The lowest BCUT2D eigenvalue weighted by molar-refractivity contribution is -0.121. The van der Waals surface area contributed by atoms with Crippen LogP contribution < -0.4 is 16.0 Å². The normalized spacial score (nSPS) is 20.7. The van der Waals surface area contributed by atoms with Crippen molar-refractivity contribution in [2.24, 2.45) is 5.73 Å². The molecule has 146 valence electrons. The number of nitrogens with two attached hydrogens (primary N) is 1. The van der Waals surface area contributed by atoms with Crippen LogP contribution in [-0.4, -0.2) is 54.6 Å². The molecule has 26 heavy (non-hydrogen) atoms. The third-order valence-electron chi connectivity index (χ3n) is 5.28. The van der Waals surface area contributed by atoms with Crippen molar-refractivity contribution in [1.82, 2.24) is 15.2 Å². The second kappa shape index (κ2) is 10.7. The average Bonchev–Trinajstić information content (AvgIpc) is 3.17. The molecule has 2 aliphatic rings. The minimum absolute atomic E-state index is 0. The van der Waals surface area contributed by atoms with Crippen LogP contribution in [0.3, 0.4) is 0 Å². The zero-order chi connectivity index (χ0) is 17.5. The van der Waals surface area contributed by atoms with Gasteiger partial charge in [-0.1, -0.05) is 12.5 Å². The van der Waals surface area contributed by atoms with Crippen LogP contribution in [-0.2, 0) is 11.3 Å². The molecule has 2 saturated heterocycles. The molecule has 0 saturated carbocycles. The molecule has 1 aromatic rings. The van der Waals surface area contributed by atoms with Crippen molar-refractivity contribution in [3.8, 4) is 0 Å². The van der Waals surface area contributed by atoms with E-state index in [0.717, 1.165) is 45.0 Å². The van der Waals surface area contributed by atoms with Crippen molar-refractivity contribution in [3.05, 3.63) is 23.9 Å².